The van der Waals surface area contributed by atoms with Gasteiger partial charge in [-0.3, -0.25) is 0 Å². The summed E-state index contributed by atoms with van der Waals surface area (Å²) in [6.45, 7) is 8.60. The predicted molar refractivity (Wildman–Crippen MR) is 74.2 cm³/mol. The van der Waals surface area contributed by atoms with Gasteiger partial charge in [0.25, 0.3) is 0 Å². The highest BCUT2D eigenvalue weighted by atomic mass is 16.7. The van der Waals surface area contributed by atoms with Gasteiger partial charge in [-0.25, -0.2) is 0 Å². The van der Waals surface area contributed by atoms with Crippen molar-refractivity contribution in [2.24, 2.45) is 0 Å². The second kappa shape index (κ2) is 8.15. The summed E-state index contributed by atoms with van der Waals surface area (Å²) in [5, 5.41) is 10.4. The number of benzene rings is 1. The van der Waals surface area contributed by atoms with Gasteiger partial charge in [-0.1, -0.05) is 18.2 Å². The Bertz CT molecular complexity index is 359. The smallest absolute Gasteiger partial charge is 0.187 e. The zero-order chi connectivity index (χ0) is 14.3. The molecule has 1 unspecified atom stereocenters. The molecule has 0 aromatic heterocycles. The fourth-order valence-corrected chi connectivity index (χ4v) is 1.79. The van der Waals surface area contributed by atoms with E-state index in [4.69, 9.17) is 14.2 Å². The van der Waals surface area contributed by atoms with Crippen LogP contribution in [-0.4, -0.2) is 30.7 Å². The van der Waals surface area contributed by atoms with Crippen LogP contribution in [0.3, 0.4) is 0 Å². The normalized spacial score (nSPS) is 13.0. The van der Waals surface area contributed by atoms with Crippen LogP contribution < -0.4 is 4.74 Å². The molecule has 4 heteroatoms. The third-order valence-corrected chi connectivity index (χ3v) is 2.52. The van der Waals surface area contributed by atoms with Crippen molar-refractivity contribution in [3.05, 3.63) is 29.8 Å². The van der Waals surface area contributed by atoms with Gasteiger partial charge < -0.3 is 19.3 Å². The first-order valence-electron chi connectivity index (χ1n) is 6.77. The number of hydrogen-bond acceptors (Lipinski definition) is 4. The van der Waals surface area contributed by atoms with E-state index in [0.717, 1.165) is 0 Å². The van der Waals surface area contributed by atoms with Crippen molar-refractivity contribution >= 4 is 0 Å². The minimum absolute atomic E-state index is 0.0472. The van der Waals surface area contributed by atoms with Crippen molar-refractivity contribution in [3.63, 3.8) is 0 Å². The molecule has 0 aliphatic heterocycles. The van der Waals surface area contributed by atoms with Crippen molar-refractivity contribution in [1.82, 2.24) is 0 Å². The number of ether oxygens (including phenoxy) is 3. The van der Waals surface area contributed by atoms with Crippen LogP contribution in [-0.2, 0) is 9.47 Å². The Labute approximate surface area is 115 Å². The fraction of sp³-hybridized carbons (Fsp3) is 0.600. The third-order valence-electron chi connectivity index (χ3n) is 2.52. The molecule has 0 fully saturated rings. The lowest BCUT2D eigenvalue weighted by atomic mass is 10.1. The Balaban J connectivity index is 2.92. The maximum atomic E-state index is 10.4. The monoisotopic (exact) mass is 268 g/mol. The molecule has 0 saturated carbocycles. The van der Waals surface area contributed by atoms with E-state index < -0.39 is 12.4 Å². The molecule has 0 aliphatic carbocycles. The molecule has 108 valence electrons. The minimum atomic E-state index is -0.866. The van der Waals surface area contributed by atoms with Crippen LogP contribution in [0.4, 0.5) is 0 Å². The Hall–Kier alpha value is -1.10. The molecule has 0 bridgehead atoms. The van der Waals surface area contributed by atoms with Crippen LogP contribution in [0.2, 0.25) is 0 Å². The Morgan fingerprint density at radius 3 is 2.16 bits per heavy atom. The molecule has 0 aliphatic rings. The van der Waals surface area contributed by atoms with Crippen molar-refractivity contribution in [3.8, 4) is 5.75 Å². The van der Waals surface area contributed by atoms with Crippen LogP contribution >= 0.6 is 0 Å². The molecule has 0 heterocycles. The second-order valence-corrected chi connectivity index (χ2v) is 4.43. The van der Waals surface area contributed by atoms with E-state index in [1.807, 2.05) is 52.0 Å². The van der Waals surface area contributed by atoms with Gasteiger partial charge in [0.1, 0.15) is 11.9 Å². The number of rotatable bonds is 8. The Kier molecular flexibility index (Phi) is 6.84. The average Bonchev–Trinajstić information content (AvgIpc) is 2.38. The largest absolute Gasteiger partial charge is 0.491 e. The van der Waals surface area contributed by atoms with E-state index in [1.54, 1.807) is 0 Å². The lowest BCUT2D eigenvalue weighted by molar-refractivity contribution is -0.192. The molecule has 1 N–H and O–H groups in total. The third kappa shape index (κ3) is 4.82. The van der Waals surface area contributed by atoms with Gasteiger partial charge in [0.05, 0.1) is 6.10 Å². The van der Waals surface area contributed by atoms with E-state index in [-0.39, 0.29) is 6.10 Å². The number of hydrogen-bond donors (Lipinski definition) is 1. The lowest BCUT2D eigenvalue weighted by Crippen LogP contribution is -2.26. The summed E-state index contributed by atoms with van der Waals surface area (Å²) in [5.41, 5.74) is 0.683. The molecule has 1 rings (SSSR count). The molecular weight excluding hydrogens is 244 g/mol. The molecule has 0 radical (unpaired) electrons. The van der Waals surface area contributed by atoms with Crippen LogP contribution in [0.25, 0.3) is 0 Å². The van der Waals surface area contributed by atoms with Gasteiger partial charge in [-0.15, -0.1) is 0 Å². The molecule has 0 amide bonds. The molecule has 1 aromatic rings. The molecule has 0 spiro atoms. The van der Waals surface area contributed by atoms with E-state index >= 15 is 0 Å². The van der Waals surface area contributed by atoms with Crippen LogP contribution in [0.5, 0.6) is 5.75 Å². The highest BCUT2D eigenvalue weighted by Gasteiger charge is 2.24. The van der Waals surface area contributed by atoms with Gasteiger partial charge in [0.15, 0.2) is 6.29 Å². The Morgan fingerprint density at radius 1 is 1.05 bits per heavy atom. The van der Waals surface area contributed by atoms with E-state index in [1.165, 1.54) is 0 Å². The Morgan fingerprint density at radius 2 is 1.63 bits per heavy atom. The fourth-order valence-electron chi connectivity index (χ4n) is 1.79. The van der Waals surface area contributed by atoms with Crippen LogP contribution in [0, 0.1) is 0 Å². The van der Waals surface area contributed by atoms with Gasteiger partial charge in [0, 0.05) is 18.8 Å². The first kappa shape index (κ1) is 16.0. The minimum Gasteiger partial charge on any atom is -0.491 e. The first-order valence-corrected chi connectivity index (χ1v) is 6.77. The van der Waals surface area contributed by atoms with Crippen LogP contribution in [0.15, 0.2) is 24.3 Å². The van der Waals surface area contributed by atoms with Crippen molar-refractivity contribution < 1.29 is 19.3 Å². The first-order chi connectivity index (χ1) is 9.10. The average molecular weight is 268 g/mol. The van der Waals surface area contributed by atoms with Gasteiger partial charge in [-0.2, -0.15) is 0 Å². The van der Waals surface area contributed by atoms with Crippen molar-refractivity contribution in [2.75, 3.05) is 13.2 Å². The molecule has 19 heavy (non-hydrogen) atoms. The standard InChI is InChI=1S/C15H24O4/c1-5-17-15(18-6-2)14(16)12-9-7-8-10-13(12)19-11(3)4/h7-11,14-16H,5-6H2,1-4H3. The highest BCUT2D eigenvalue weighted by molar-refractivity contribution is 5.35. The SMILES string of the molecule is CCOC(OCC)C(O)c1ccccc1OC(C)C. The number of aliphatic hydroxyl groups is 1. The van der Waals surface area contributed by atoms with Crippen molar-refractivity contribution in [2.45, 2.75) is 46.2 Å². The number of para-hydroxylation sites is 1. The van der Waals surface area contributed by atoms with Gasteiger partial charge in [0.2, 0.25) is 0 Å². The molecule has 1 aromatic carbocycles. The molecule has 0 saturated heterocycles. The summed E-state index contributed by atoms with van der Waals surface area (Å²) in [4.78, 5) is 0. The lowest BCUT2D eigenvalue weighted by Gasteiger charge is -2.25. The van der Waals surface area contributed by atoms with E-state index in [9.17, 15) is 5.11 Å². The maximum Gasteiger partial charge on any atom is 0.187 e. The number of aliphatic hydroxyl groups excluding tert-OH is 1. The summed E-state index contributed by atoms with van der Waals surface area (Å²) in [5.74, 6) is 0.661. The zero-order valence-electron chi connectivity index (χ0n) is 12.1. The highest BCUT2D eigenvalue weighted by Crippen LogP contribution is 2.29. The summed E-state index contributed by atoms with van der Waals surface area (Å²) in [6.07, 6.45) is -1.49. The molecule has 1 atom stereocenters. The van der Waals surface area contributed by atoms with E-state index in [0.29, 0.717) is 24.5 Å². The summed E-state index contributed by atoms with van der Waals surface area (Å²) < 4.78 is 16.6. The van der Waals surface area contributed by atoms with Crippen molar-refractivity contribution in [1.29, 1.82) is 0 Å². The summed E-state index contributed by atoms with van der Waals surface area (Å²) in [7, 11) is 0. The zero-order valence-corrected chi connectivity index (χ0v) is 12.1. The predicted octanol–water partition coefficient (Wildman–Crippen LogP) is 2.91. The quantitative estimate of drug-likeness (QED) is 0.736. The van der Waals surface area contributed by atoms with Gasteiger partial charge >= 0.3 is 0 Å². The topological polar surface area (TPSA) is 47.9 Å². The maximum absolute atomic E-state index is 10.4. The summed E-state index contributed by atoms with van der Waals surface area (Å²) >= 11 is 0. The molecule has 4 nitrogen and oxygen atoms in total. The van der Waals surface area contributed by atoms with Crippen LogP contribution in [0.1, 0.15) is 39.4 Å². The second-order valence-electron chi connectivity index (χ2n) is 4.43. The summed E-state index contributed by atoms with van der Waals surface area (Å²) in [6, 6.07) is 7.41. The van der Waals surface area contributed by atoms with E-state index in [2.05, 4.69) is 0 Å². The molecular formula is C15H24O4. The van der Waals surface area contributed by atoms with Gasteiger partial charge in [-0.05, 0) is 33.8 Å².